The highest BCUT2D eigenvalue weighted by molar-refractivity contribution is 7.89. The molecule has 3 N–H and O–H groups in total. The number of H-pyrrole nitrogens is 1. The van der Waals surface area contributed by atoms with Crippen LogP contribution in [0.2, 0.25) is 0 Å². The van der Waals surface area contributed by atoms with E-state index in [1.807, 2.05) is 6.92 Å². The maximum absolute atomic E-state index is 12.9. The summed E-state index contributed by atoms with van der Waals surface area (Å²) < 4.78 is 29.3. The van der Waals surface area contributed by atoms with Crippen LogP contribution in [0.5, 0.6) is 5.75 Å². The van der Waals surface area contributed by atoms with Gasteiger partial charge in [-0.05, 0) is 55.8 Å². The summed E-state index contributed by atoms with van der Waals surface area (Å²) >= 11 is 0. The van der Waals surface area contributed by atoms with Gasteiger partial charge in [-0.2, -0.15) is 0 Å². The summed E-state index contributed by atoms with van der Waals surface area (Å²) in [5, 5.41) is 8.17. The van der Waals surface area contributed by atoms with E-state index in [0.29, 0.717) is 35.0 Å². The number of benzene rings is 2. The van der Waals surface area contributed by atoms with Gasteiger partial charge in [-0.3, -0.25) is 14.9 Å². The molecule has 0 fully saturated rings. The van der Waals surface area contributed by atoms with Crippen molar-refractivity contribution < 1.29 is 13.2 Å². The number of ether oxygens (including phenoxy) is 1. The zero-order valence-electron chi connectivity index (χ0n) is 16.3. The van der Waals surface area contributed by atoms with E-state index in [2.05, 4.69) is 10.1 Å². The van der Waals surface area contributed by atoms with Crippen LogP contribution in [0.4, 0.5) is 0 Å². The Labute approximate surface area is 168 Å². The van der Waals surface area contributed by atoms with Gasteiger partial charge in [0.05, 0.1) is 29.8 Å². The molecule has 3 rings (SSSR count). The van der Waals surface area contributed by atoms with E-state index in [1.165, 1.54) is 16.8 Å². The molecule has 0 radical (unpaired) electrons. The van der Waals surface area contributed by atoms with Crippen LogP contribution in [0.25, 0.3) is 5.69 Å². The van der Waals surface area contributed by atoms with Crippen LogP contribution in [-0.2, 0) is 16.6 Å². The van der Waals surface area contributed by atoms with Crippen molar-refractivity contribution in [2.45, 2.75) is 25.3 Å². The van der Waals surface area contributed by atoms with Crippen molar-refractivity contribution >= 4 is 15.7 Å². The van der Waals surface area contributed by atoms with Gasteiger partial charge in [0, 0.05) is 11.4 Å². The number of methoxy groups -OCH3 is 1. The van der Waals surface area contributed by atoms with Crippen molar-refractivity contribution in [3.63, 3.8) is 0 Å². The number of hydrogen-bond donors (Lipinski definition) is 2. The van der Waals surface area contributed by atoms with E-state index in [0.717, 1.165) is 5.56 Å². The second-order valence-electron chi connectivity index (χ2n) is 6.54. The molecule has 152 valence electrons. The van der Waals surface area contributed by atoms with Gasteiger partial charge < -0.3 is 4.74 Å². The number of aliphatic imine (C=N–C) groups is 1. The molecular weight excluding hydrogens is 392 g/mol. The predicted molar refractivity (Wildman–Crippen MR) is 111 cm³/mol. The Hall–Kier alpha value is -3.17. The number of rotatable bonds is 6. The summed E-state index contributed by atoms with van der Waals surface area (Å²) in [7, 11) is -2.14. The average Bonchev–Trinajstić information content (AvgIpc) is 3.00. The Morgan fingerprint density at radius 1 is 1.14 bits per heavy atom. The standard InChI is InChI=1S/C20H22N4O4S/c1-13(22-12-15-4-10-18(11-5-15)29(21,26)27)19-14(2)23-24(20(19)25)16-6-8-17(28-3)9-7-16/h4-11,23H,12H2,1-3H3,(H2,21,26,27). The Bertz CT molecular complexity index is 1200. The van der Waals surface area contributed by atoms with E-state index in [1.54, 1.807) is 50.4 Å². The fourth-order valence-electron chi connectivity index (χ4n) is 2.96. The highest BCUT2D eigenvalue weighted by Crippen LogP contribution is 2.15. The molecule has 1 heterocycles. The second-order valence-corrected chi connectivity index (χ2v) is 8.10. The molecule has 0 saturated carbocycles. The molecular formula is C20H22N4O4S. The Balaban J connectivity index is 1.86. The molecule has 0 amide bonds. The fourth-order valence-corrected chi connectivity index (χ4v) is 3.47. The van der Waals surface area contributed by atoms with Gasteiger partial charge in [0.15, 0.2) is 0 Å². The first-order chi connectivity index (χ1) is 13.7. The Morgan fingerprint density at radius 2 is 1.76 bits per heavy atom. The van der Waals surface area contributed by atoms with Gasteiger partial charge >= 0.3 is 0 Å². The minimum Gasteiger partial charge on any atom is -0.497 e. The maximum Gasteiger partial charge on any atom is 0.280 e. The van der Waals surface area contributed by atoms with Gasteiger partial charge in [0.25, 0.3) is 5.56 Å². The molecule has 0 atom stereocenters. The number of primary sulfonamides is 1. The molecule has 0 aliphatic rings. The van der Waals surface area contributed by atoms with E-state index < -0.39 is 10.0 Å². The molecule has 9 heteroatoms. The van der Waals surface area contributed by atoms with Gasteiger partial charge in [0.2, 0.25) is 10.0 Å². The molecule has 0 unspecified atom stereocenters. The van der Waals surface area contributed by atoms with Crippen molar-refractivity contribution in [3.8, 4) is 11.4 Å². The number of nitrogens with zero attached hydrogens (tertiary/aromatic N) is 2. The number of sulfonamides is 1. The smallest absolute Gasteiger partial charge is 0.280 e. The predicted octanol–water partition coefficient (Wildman–Crippen LogP) is 2.14. The highest BCUT2D eigenvalue weighted by atomic mass is 32.2. The Kier molecular flexibility index (Phi) is 5.71. The van der Waals surface area contributed by atoms with Gasteiger partial charge in [0.1, 0.15) is 5.75 Å². The van der Waals surface area contributed by atoms with Gasteiger partial charge in [-0.1, -0.05) is 12.1 Å². The number of aryl methyl sites for hydroxylation is 1. The van der Waals surface area contributed by atoms with E-state index in [4.69, 9.17) is 9.88 Å². The lowest BCUT2D eigenvalue weighted by molar-refractivity contribution is 0.414. The lowest BCUT2D eigenvalue weighted by atomic mass is 10.1. The lowest BCUT2D eigenvalue weighted by Crippen LogP contribution is -2.19. The second kappa shape index (κ2) is 8.06. The van der Waals surface area contributed by atoms with Gasteiger partial charge in [-0.25, -0.2) is 18.2 Å². The fraction of sp³-hybridized carbons (Fsp3) is 0.200. The molecule has 1 aromatic heterocycles. The molecule has 3 aromatic rings. The number of nitrogens with two attached hydrogens (primary N) is 1. The molecule has 2 aromatic carbocycles. The van der Waals surface area contributed by atoms with Crippen LogP contribution in [0.1, 0.15) is 23.7 Å². The number of hydrogen-bond acceptors (Lipinski definition) is 5. The topological polar surface area (TPSA) is 120 Å². The third-order valence-electron chi connectivity index (χ3n) is 4.51. The zero-order chi connectivity index (χ0) is 21.2. The molecule has 0 saturated heterocycles. The summed E-state index contributed by atoms with van der Waals surface area (Å²) in [4.78, 5) is 17.4. The highest BCUT2D eigenvalue weighted by Gasteiger charge is 2.15. The lowest BCUT2D eigenvalue weighted by Gasteiger charge is -2.03. The quantitative estimate of drug-likeness (QED) is 0.601. The normalized spacial score (nSPS) is 12.2. The summed E-state index contributed by atoms with van der Waals surface area (Å²) in [6.45, 7) is 3.90. The van der Waals surface area contributed by atoms with Crippen LogP contribution < -0.4 is 15.4 Å². The monoisotopic (exact) mass is 414 g/mol. The average molecular weight is 414 g/mol. The minimum absolute atomic E-state index is 0.0470. The largest absolute Gasteiger partial charge is 0.497 e. The van der Waals surface area contributed by atoms with E-state index in [-0.39, 0.29) is 10.5 Å². The van der Waals surface area contributed by atoms with Crippen LogP contribution in [0.15, 0.2) is 63.2 Å². The molecule has 0 bridgehead atoms. The number of aromatic nitrogens is 2. The van der Waals surface area contributed by atoms with Crippen molar-refractivity contribution in [3.05, 3.63) is 75.7 Å². The third kappa shape index (κ3) is 4.47. The molecule has 8 nitrogen and oxygen atoms in total. The molecule has 0 aliphatic carbocycles. The third-order valence-corrected chi connectivity index (χ3v) is 5.44. The molecule has 0 aliphatic heterocycles. The van der Waals surface area contributed by atoms with E-state index in [9.17, 15) is 13.2 Å². The SMILES string of the molecule is COc1ccc(-n2[nH]c(C)c(C(C)=NCc3ccc(S(N)(=O)=O)cc3)c2=O)cc1. The minimum atomic E-state index is -3.73. The first-order valence-electron chi connectivity index (χ1n) is 8.80. The van der Waals surface area contributed by atoms with Crippen LogP contribution >= 0.6 is 0 Å². The first kappa shape index (κ1) is 20.6. The van der Waals surface area contributed by atoms with Crippen LogP contribution in [0.3, 0.4) is 0 Å². The molecule has 0 spiro atoms. The van der Waals surface area contributed by atoms with Crippen molar-refractivity contribution in [2.24, 2.45) is 10.1 Å². The number of nitrogens with one attached hydrogen (secondary N) is 1. The Morgan fingerprint density at radius 3 is 2.31 bits per heavy atom. The van der Waals surface area contributed by atoms with Crippen LogP contribution in [-0.4, -0.2) is 31.0 Å². The molecule has 29 heavy (non-hydrogen) atoms. The van der Waals surface area contributed by atoms with E-state index >= 15 is 0 Å². The number of aromatic amines is 1. The van der Waals surface area contributed by atoms with Crippen LogP contribution in [0, 0.1) is 6.92 Å². The van der Waals surface area contributed by atoms with Gasteiger partial charge in [-0.15, -0.1) is 0 Å². The summed E-state index contributed by atoms with van der Waals surface area (Å²) in [6, 6.07) is 13.3. The summed E-state index contributed by atoms with van der Waals surface area (Å²) in [6.07, 6.45) is 0. The van der Waals surface area contributed by atoms with Crippen molar-refractivity contribution in [1.82, 2.24) is 9.78 Å². The maximum atomic E-state index is 12.9. The summed E-state index contributed by atoms with van der Waals surface area (Å²) in [5.41, 5.74) is 3.10. The summed E-state index contributed by atoms with van der Waals surface area (Å²) in [5.74, 6) is 0.705. The zero-order valence-corrected chi connectivity index (χ0v) is 17.2. The van der Waals surface area contributed by atoms with Crippen molar-refractivity contribution in [1.29, 1.82) is 0 Å². The van der Waals surface area contributed by atoms with Crippen molar-refractivity contribution in [2.75, 3.05) is 7.11 Å². The first-order valence-corrected chi connectivity index (χ1v) is 10.3.